The molecule has 0 bridgehead atoms. The molecule has 1 aliphatic heterocycles. The van der Waals surface area contributed by atoms with E-state index in [4.69, 9.17) is 11.6 Å². The number of carbonyl (C=O) groups is 1. The van der Waals surface area contributed by atoms with Crippen LogP contribution in [-0.4, -0.2) is 38.7 Å². The van der Waals surface area contributed by atoms with E-state index in [1.54, 1.807) is 34.3 Å². The van der Waals surface area contributed by atoms with Crippen LogP contribution in [-0.2, 0) is 13.0 Å². The van der Waals surface area contributed by atoms with E-state index in [-0.39, 0.29) is 5.91 Å². The maximum atomic E-state index is 12.7. The van der Waals surface area contributed by atoms with Gasteiger partial charge < -0.3 is 0 Å². The molecule has 140 valence electrons. The number of aromatic nitrogens is 3. The van der Waals surface area contributed by atoms with Crippen LogP contribution in [0.5, 0.6) is 0 Å². The third-order valence-corrected chi connectivity index (χ3v) is 6.05. The van der Waals surface area contributed by atoms with Crippen molar-refractivity contribution in [1.82, 2.24) is 19.7 Å². The molecule has 0 spiro atoms. The highest BCUT2D eigenvalue weighted by atomic mass is 35.5. The van der Waals surface area contributed by atoms with Crippen LogP contribution in [0.1, 0.15) is 33.5 Å². The van der Waals surface area contributed by atoms with Gasteiger partial charge in [-0.15, -0.1) is 11.3 Å². The summed E-state index contributed by atoms with van der Waals surface area (Å²) in [6, 6.07) is 7.35. The van der Waals surface area contributed by atoms with Gasteiger partial charge in [-0.1, -0.05) is 18.5 Å². The van der Waals surface area contributed by atoms with Crippen molar-refractivity contribution in [2.24, 2.45) is 0 Å². The fourth-order valence-corrected chi connectivity index (χ4v) is 4.38. The highest BCUT2D eigenvalue weighted by molar-refractivity contribution is 7.15. The van der Waals surface area contributed by atoms with Gasteiger partial charge in [-0.05, 0) is 37.7 Å². The summed E-state index contributed by atoms with van der Waals surface area (Å²) in [6.45, 7) is 7.00. The van der Waals surface area contributed by atoms with E-state index >= 15 is 0 Å². The highest BCUT2D eigenvalue weighted by Crippen LogP contribution is 2.28. The summed E-state index contributed by atoms with van der Waals surface area (Å²) < 4.78 is 1.73. The molecule has 1 N–H and O–H groups in total. The molecular formula is C19H20ClN5OS. The fraction of sp³-hybridized carbons (Fsp3) is 0.316. The molecule has 4 rings (SSSR count). The summed E-state index contributed by atoms with van der Waals surface area (Å²) in [6.07, 6.45) is 2.52. The maximum absolute atomic E-state index is 12.7. The number of fused-ring (bicyclic) bond motifs is 1. The van der Waals surface area contributed by atoms with Crippen molar-refractivity contribution in [3.8, 4) is 5.69 Å². The molecule has 0 saturated carbocycles. The lowest BCUT2D eigenvalue weighted by Crippen LogP contribution is -2.29. The van der Waals surface area contributed by atoms with Crippen LogP contribution in [0.15, 0.2) is 30.5 Å². The first kappa shape index (κ1) is 18.2. The molecule has 1 aliphatic rings. The van der Waals surface area contributed by atoms with Crippen LogP contribution in [0.2, 0.25) is 5.02 Å². The van der Waals surface area contributed by atoms with Crippen LogP contribution in [0.25, 0.3) is 5.69 Å². The summed E-state index contributed by atoms with van der Waals surface area (Å²) in [5, 5.41) is 8.61. The molecule has 0 atom stereocenters. The molecule has 0 unspecified atom stereocenters. The second-order valence-electron chi connectivity index (χ2n) is 6.49. The van der Waals surface area contributed by atoms with Gasteiger partial charge in [0, 0.05) is 29.4 Å². The van der Waals surface area contributed by atoms with Crippen molar-refractivity contribution < 1.29 is 4.79 Å². The summed E-state index contributed by atoms with van der Waals surface area (Å²) in [7, 11) is 0. The number of hydrogen-bond donors (Lipinski definition) is 1. The normalized spacial score (nSPS) is 14.2. The van der Waals surface area contributed by atoms with Gasteiger partial charge in [0.1, 0.15) is 0 Å². The lowest BCUT2D eigenvalue weighted by atomic mass is 10.2. The third-order valence-electron chi connectivity index (χ3n) is 4.80. The average molecular weight is 402 g/mol. The Kier molecular flexibility index (Phi) is 4.99. The number of rotatable bonds is 4. The summed E-state index contributed by atoms with van der Waals surface area (Å²) >= 11 is 7.51. The zero-order chi connectivity index (χ0) is 19.0. The smallest absolute Gasteiger partial charge is 0.260 e. The van der Waals surface area contributed by atoms with Gasteiger partial charge in [0.15, 0.2) is 5.13 Å². The van der Waals surface area contributed by atoms with Crippen molar-refractivity contribution >= 4 is 34.0 Å². The quantitative estimate of drug-likeness (QED) is 0.719. The zero-order valence-corrected chi connectivity index (χ0v) is 16.8. The number of benzene rings is 1. The topological polar surface area (TPSA) is 63.1 Å². The third kappa shape index (κ3) is 3.63. The Labute approximate surface area is 166 Å². The Bertz CT molecular complexity index is 979. The molecular weight excluding hydrogens is 382 g/mol. The van der Waals surface area contributed by atoms with Crippen LogP contribution < -0.4 is 5.32 Å². The van der Waals surface area contributed by atoms with Crippen molar-refractivity contribution in [1.29, 1.82) is 0 Å². The first-order valence-electron chi connectivity index (χ1n) is 8.88. The highest BCUT2D eigenvalue weighted by Gasteiger charge is 2.22. The van der Waals surface area contributed by atoms with Gasteiger partial charge in [-0.3, -0.25) is 15.0 Å². The molecule has 0 saturated heterocycles. The Balaban J connectivity index is 1.53. The number of hydrogen-bond acceptors (Lipinski definition) is 5. The number of carbonyl (C=O) groups excluding carboxylic acids is 1. The zero-order valence-electron chi connectivity index (χ0n) is 15.2. The van der Waals surface area contributed by atoms with E-state index < -0.39 is 0 Å². The SMILES string of the molecule is CCN1CCc2nc(NC(=O)c3cnn(-c4ccc(Cl)cc4)c3C)sc2C1. The molecule has 0 fully saturated rings. The molecule has 3 heterocycles. The summed E-state index contributed by atoms with van der Waals surface area (Å²) in [5.74, 6) is -0.189. The number of likely N-dealkylation sites (N-methyl/N-ethyl adjacent to an activating group) is 1. The standard InChI is InChI=1S/C19H20ClN5OS/c1-3-24-9-8-16-17(11-24)27-19(22-16)23-18(26)15-10-21-25(12(15)2)14-6-4-13(20)5-7-14/h4-7,10H,3,8-9,11H2,1-2H3,(H,22,23,26). The number of nitrogens with one attached hydrogen (secondary N) is 1. The predicted octanol–water partition coefficient (Wildman–Crippen LogP) is 3.92. The van der Waals surface area contributed by atoms with Gasteiger partial charge in [0.05, 0.1) is 28.8 Å². The lowest BCUT2D eigenvalue weighted by molar-refractivity contribution is 0.102. The van der Waals surface area contributed by atoms with Crippen molar-refractivity contribution in [3.63, 3.8) is 0 Å². The van der Waals surface area contributed by atoms with E-state index in [0.29, 0.717) is 15.7 Å². The predicted molar refractivity (Wildman–Crippen MR) is 108 cm³/mol. The lowest BCUT2D eigenvalue weighted by Gasteiger charge is -2.23. The molecule has 1 amide bonds. The van der Waals surface area contributed by atoms with Gasteiger partial charge in [-0.25, -0.2) is 9.67 Å². The minimum atomic E-state index is -0.189. The van der Waals surface area contributed by atoms with Crippen LogP contribution in [0, 0.1) is 6.92 Å². The molecule has 1 aromatic carbocycles. The first-order valence-corrected chi connectivity index (χ1v) is 10.1. The molecule has 3 aromatic rings. The van der Waals surface area contributed by atoms with E-state index in [2.05, 4.69) is 27.2 Å². The van der Waals surface area contributed by atoms with Gasteiger partial charge >= 0.3 is 0 Å². The molecule has 2 aromatic heterocycles. The second kappa shape index (κ2) is 7.42. The Hall–Kier alpha value is -2.22. The van der Waals surface area contributed by atoms with Gasteiger partial charge in [0.25, 0.3) is 5.91 Å². The fourth-order valence-electron chi connectivity index (χ4n) is 3.21. The summed E-state index contributed by atoms with van der Waals surface area (Å²) in [5.41, 5.74) is 3.27. The largest absolute Gasteiger partial charge is 0.298 e. The molecule has 27 heavy (non-hydrogen) atoms. The Morgan fingerprint density at radius 2 is 2.11 bits per heavy atom. The van der Waals surface area contributed by atoms with E-state index in [1.165, 1.54) is 4.88 Å². The van der Waals surface area contributed by atoms with Crippen molar-refractivity contribution in [3.05, 3.63) is 57.3 Å². The van der Waals surface area contributed by atoms with Crippen molar-refractivity contribution in [2.45, 2.75) is 26.8 Å². The van der Waals surface area contributed by atoms with Gasteiger partial charge in [0.2, 0.25) is 0 Å². The van der Waals surface area contributed by atoms with E-state index in [1.807, 2.05) is 19.1 Å². The number of amides is 1. The molecule has 6 nitrogen and oxygen atoms in total. The van der Waals surface area contributed by atoms with Crippen molar-refractivity contribution in [2.75, 3.05) is 18.4 Å². The van der Waals surface area contributed by atoms with E-state index in [0.717, 1.165) is 43.1 Å². The monoisotopic (exact) mass is 401 g/mol. The summed E-state index contributed by atoms with van der Waals surface area (Å²) in [4.78, 5) is 21.0. The molecule has 0 aliphatic carbocycles. The van der Waals surface area contributed by atoms with Crippen LogP contribution in [0.3, 0.4) is 0 Å². The number of halogens is 1. The Morgan fingerprint density at radius 3 is 2.85 bits per heavy atom. The minimum Gasteiger partial charge on any atom is -0.298 e. The van der Waals surface area contributed by atoms with Crippen LogP contribution in [0.4, 0.5) is 5.13 Å². The average Bonchev–Trinajstić information content (AvgIpc) is 3.24. The first-order chi connectivity index (χ1) is 13.0. The maximum Gasteiger partial charge on any atom is 0.260 e. The van der Waals surface area contributed by atoms with E-state index in [9.17, 15) is 4.79 Å². The van der Waals surface area contributed by atoms with Gasteiger partial charge in [-0.2, -0.15) is 5.10 Å². The van der Waals surface area contributed by atoms with Crippen LogP contribution >= 0.6 is 22.9 Å². The second-order valence-corrected chi connectivity index (χ2v) is 8.01. The molecule has 8 heteroatoms. The molecule has 0 radical (unpaired) electrons. The Morgan fingerprint density at radius 1 is 1.33 bits per heavy atom. The number of nitrogens with zero attached hydrogens (tertiary/aromatic N) is 4. The number of thiazole rings is 1. The minimum absolute atomic E-state index is 0.189. The number of anilines is 1.